The summed E-state index contributed by atoms with van der Waals surface area (Å²) < 4.78 is 5.57. The van der Waals surface area contributed by atoms with Crippen molar-refractivity contribution in [1.29, 1.82) is 0 Å². The van der Waals surface area contributed by atoms with Gasteiger partial charge in [0.05, 0.1) is 15.7 Å². The van der Waals surface area contributed by atoms with Gasteiger partial charge in [0.2, 0.25) is 0 Å². The minimum atomic E-state index is -0.291. The standard InChI is InChI=1S/C21H23Cl3N2O2/c1-13-5-7-26(8-6-13)19-4-3-16(11-17(19)23)25-20(27)12-28-21-14(2)9-15(22)10-18(21)24/h3-4,9-11,13H,5-8,12H2,1-2H3,(H,25,27). The Morgan fingerprint density at radius 3 is 2.50 bits per heavy atom. The van der Waals surface area contributed by atoms with Crippen molar-refractivity contribution in [3.05, 3.63) is 51.0 Å². The summed E-state index contributed by atoms with van der Waals surface area (Å²) in [5.74, 6) is 0.918. The lowest BCUT2D eigenvalue weighted by Gasteiger charge is -2.32. The predicted molar refractivity (Wildman–Crippen MR) is 117 cm³/mol. The molecule has 1 aliphatic heterocycles. The molecule has 28 heavy (non-hydrogen) atoms. The maximum atomic E-state index is 12.3. The van der Waals surface area contributed by atoms with Gasteiger partial charge >= 0.3 is 0 Å². The summed E-state index contributed by atoms with van der Waals surface area (Å²) in [6.07, 6.45) is 2.33. The van der Waals surface area contributed by atoms with Crippen LogP contribution in [0.3, 0.4) is 0 Å². The third-order valence-electron chi connectivity index (χ3n) is 4.90. The molecule has 3 rings (SSSR count). The molecule has 1 N–H and O–H groups in total. The molecule has 1 heterocycles. The molecular formula is C21H23Cl3N2O2. The molecule has 0 unspecified atom stereocenters. The van der Waals surface area contributed by atoms with E-state index in [0.29, 0.717) is 26.5 Å². The fourth-order valence-corrected chi connectivity index (χ4v) is 4.25. The number of carbonyl (C=O) groups is 1. The smallest absolute Gasteiger partial charge is 0.262 e. The van der Waals surface area contributed by atoms with Crippen LogP contribution in [0, 0.1) is 12.8 Å². The number of amides is 1. The number of piperidine rings is 1. The lowest BCUT2D eigenvalue weighted by molar-refractivity contribution is -0.118. The average Bonchev–Trinajstić information content (AvgIpc) is 2.62. The lowest BCUT2D eigenvalue weighted by atomic mass is 9.99. The summed E-state index contributed by atoms with van der Waals surface area (Å²) in [5, 5.41) is 4.34. The summed E-state index contributed by atoms with van der Waals surface area (Å²) >= 11 is 18.5. The quantitative estimate of drug-likeness (QED) is 0.600. The van der Waals surface area contributed by atoms with E-state index in [-0.39, 0.29) is 12.5 Å². The Bertz CT molecular complexity index is 842. The number of anilines is 2. The van der Waals surface area contributed by atoms with Gasteiger partial charge in [-0.3, -0.25) is 4.79 Å². The Morgan fingerprint density at radius 2 is 1.86 bits per heavy atom. The van der Waals surface area contributed by atoms with E-state index in [9.17, 15) is 4.79 Å². The zero-order chi connectivity index (χ0) is 20.3. The first-order chi connectivity index (χ1) is 13.3. The molecule has 0 radical (unpaired) electrons. The molecule has 1 saturated heterocycles. The van der Waals surface area contributed by atoms with E-state index >= 15 is 0 Å². The van der Waals surface area contributed by atoms with E-state index in [0.717, 1.165) is 30.3 Å². The Kier molecular flexibility index (Phi) is 6.97. The van der Waals surface area contributed by atoms with Crippen molar-refractivity contribution in [2.75, 3.05) is 29.9 Å². The summed E-state index contributed by atoms with van der Waals surface area (Å²) in [4.78, 5) is 14.5. The van der Waals surface area contributed by atoms with Gasteiger partial charge in [0, 0.05) is 23.8 Å². The number of rotatable bonds is 5. The van der Waals surface area contributed by atoms with Crippen LogP contribution in [0.5, 0.6) is 5.75 Å². The first kappa shape index (κ1) is 21.1. The molecule has 0 spiro atoms. The van der Waals surface area contributed by atoms with Crippen molar-refractivity contribution < 1.29 is 9.53 Å². The first-order valence-electron chi connectivity index (χ1n) is 9.26. The second-order valence-corrected chi connectivity index (χ2v) is 8.46. The number of benzene rings is 2. The van der Waals surface area contributed by atoms with Crippen LogP contribution in [0.4, 0.5) is 11.4 Å². The minimum absolute atomic E-state index is 0.161. The SMILES string of the molecule is Cc1cc(Cl)cc(Cl)c1OCC(=O)Nc1ccc(N2CCC(C)CC2)c(Cl)c1. The molecule has 1 fully saturated rings. The van der Waals surface area contributed by atoms with Crippen LogP contribution >= 0.6 is 34.8 Å². The van der Waals surface area contributed by atoms with Crippen LogP contribution in [0.15, 0.2) is 30.3 Å². The van der Waals surface area contributed by atoms with Crippen LogP contribution in [0.25, 0.3) is 0 Å². The normalized spacial score (nSPS) is 14.8. The molecule has 2 aromatic rings. The van der Waals surface area contributed by atoms with Crippen LogP contribution in [0.2, 0.25) is 15.1 Å². The summed E-state index contributed by atoms with van der Waals surface area (Å²) in [6.45, 7) is 5.94. The first-order valence-corrected chi connectivity index (χ1v) is 10.4. The average molecular weight is 442 g/mol. The molecule has 150 valence electrons. The van der Waals surface area contributed by atoms with Crippen LogP contribution in [0.1, 0.15) is 25.3 Å². The Morgan fingerprint density at radius 1 is 1.14 bits per heavy atom. The summed E-state index contributed by atoms with van der Waals surface area (Å²) in [6, 6.07) is 8.91. The zero-order valence-corrected chi connectivity index (χ0v) is 18.2. The second kappa shape index (κ2) is 9.25. The monoisotopic (exact) mass is 440 g/mol. The fraction of sp³-hybridized carbons (Fsp3) is 0.381. The largest absolute Gasteiger partial charge is 0.482 e. The van der Waals surface area contributed by atoms with Crippen LogP contribution in [-0.2, 0) is 4.79 Å². The molecule has 1 amide bonds. The Hall–Kier alpha value is -1.62. The van der Waals surface area contributed by atoms with E-state index in [1.54, 1.807) is 18.2 Å². The second-order valence-electron chi connectivity index (χ2n) is 7.21. The number of aryl methyl sites for hydroxylation is 1. The molecule has 0 bridgehead atoms. The van der Waals surface area contributed by atoms with Gasteiger partial charge in [-0.15, -0.1) is 0 Å². The third-order valence-corrected chi connectivity index (χ3v) is 5.70. The van der Waals surface area contributed by atoms with Gasteiger partial charge in [0.1, 0.15) is 5.75 Å². The number of hydrogen-bond donors (Lipinski definition) is 1. The van der Waals surface area contributed by atoms with Gasteiger partial charge in [0.15, 0.2) is 6.61 Å². The Balaban J connectivity index is 1.59. The molecule has 1 aliphatic rings. The van der Waals surface area contributed by atoms with Gasteiger partial charge in [-0.25, -0.2) is 0 Å². The number of nitrogens with zero attached hydrogens (tertiary/aromatic N) is 1. The molecule has 2 aromatic carbocycles. The van der Waals surface area contributed by atoms with E-state index in [1.807, 2.05) is 19.1 Å². The number of hydrogen-bond acceptors (Lipinski definition) is 3. The number of ether oxygens (including phenoxy) is 1. The zero-order valence-electron chi connectivity index (χ0n) is 15.9. The van der Waals surface area contributed by atoms with Gasteiger partial charge in [-0.1, -0.05) is 41.7 Å². The van der Waals surface area contributed by atoms with Crippen molar-refractivity contribution in [1.82, 2.24) is 0 Å². The predicted octanol–water partition coefficient (Wildman–Crippen LogP) is 6.21. The van der Waals surface area contributed by atoms with E-state index < -0.39 is 0 Å². The van der Waals surface area contributed by atoms with Gasteiger partial charge in [0.25, 0.3) is 5.91 Å². The Labute approximate surface area is 180 Å². The minimum Gasteiger partial charge on any atom is -0.482 e. The molecule has 0 saturated carbocycles. The highest BCUT2D eigenvalue weighted by molar-refractivity contribution is 6.35. The third kappa shape index (κ3) is 5.25. The number of carbonyl (C=O) groups excluding carboxylic acids is 1. The summed E-state index contributed by atoms with van der Waals surface area (Å²) in [7, 11) is 0. The van der Waals surface area contributed by atoms with Crippen molar-refractivity contribution in [3.8, 4) is 5.75 Å². The molecule has 0 aliphatic carbocycles. The van der Waals surface area contributed by atoms with Gasteiger partial charge < -0.3 is 15.0 Å². The fourth-order valence-electron chi connectivity index (χ4n) is 3.30. The van der Waals surface area contributed by atoms with Crippen molar-refractivity contribution in [2.24, 2.45) is 5.92 Å². The van der Waals surface area contributed by atoms with Crippen LogP contribution in [-0.4, -0.2) is 25.6 Å². The lowest BCUT2D eigenvalue weighted by Crippen LogP contribution is -2.32. The van der Waals surface area contributed by atoms with E-state index in [1.165, 1.54) is 12.8 Å². The van der Waals surface area contributed by atoms with Crippen LogP contribution < -0.4 is 15.0 Å². The highest BCUT2D eigenvalue weighted by Gasteiger charge is 2.18. The maximum Gasteiger partial charge on any atom is 0.262 e. The van der Waals surface area contributed by atoms with E-state index in [4.69, 9.17) is 39.5 Å². The summed E-state index contributed by atoms with van der Waals surface area (Å²) in [5.41, 5.74) is 2.41. The van der Waals surface area contributed by atoms with Gasteiger partial charge in [-0.05, 0) is 61.6 Å². The molecule has 4 nitrogen and oxygen atoms in total. The molecule has 0 atom stereocenters. The molecule has 0 aromatic heterocycles. The number of nitrogens with one attached hydrogen (secondary N) is 1. The number of halogens is 3. The van der Waals surface area contributed by atoms with Crippen molar-refractivity contribution >= 4 is 52.1 Å². The van der Waals surface area contributed by atoms with E-state index in [2.05, 4.69) is 17.1 Å². The maximum absolute atomic E-state index is 12.3. The van der Waals surface area contributed by atoms with Crippen molar-refractivity contribution in [3.63, 3.8) is 0 Å². The van der Waals surface area contributed by atoms with Gasteiger partial charge in [-0.2, -0.15) is 0 Å². The van der Waals surface area contributed by atoms with Crippen molar-refractivity contribution in [2.45, 2.75) is 26.7 Å². The molecule has 7 heteroatoms. The topological polar surface area (TPSA) is 41.6 Å². The molecular weight excluding hydrogens is 419 g/mol. The highest BCUT2D eigenvalue weighted by atomic mass is 35.5. The highest BCUT2D eigenvalue weighted by Crippen LogP contribution is 2.33.